The summed E-state index contributed by atoms with van der Waals surface area (Å²) in [6, 6.07) is 11.0. The second-order valence-corrected chi connectivity index (χ2v) is 8.24. The summed E-state index contributed by atoms with van der Waals surface area (Å²) in [5.41, 5.74) is 2.56. The molecule has 4 aromatic rings. The smallest absolute Gasteiger partial charge is 0.266 e. The van der Waals surface area contributed by atoms with E-state index in [1.807, 2.05) is 42.8 Å². The molecule has 3 heterocycles. The van der Waals surface area contributed by atoms with E-state index in [4.69, 9.17) is 23.2 Å². The summed E-state index contributed by atoms with van der Waals surface area (Å²) in [7, 11) is 0. The number of halogens is 2. The third-order valence-electron chi connectivity index (χ3n) is 4.44. The molecule has 0 atom stereocenters. The zero-order chi connectivity index (χ0) is 19.8. The third kappa shape index (κ3) is 3.51. The zero-order valence-electron chi connectivity index (χ0n) is 15.2. The molecule has 0 aliphatic heterocycles. The van der Waals surface area contributed by atoms with Crippen molar-refractivity contribution in [2.45, 2.75) is 20.4 Å². The molecule has 5 nitrogen and oxygen atoms in total. The second-order valence-electron chi connectivity index (χ2n) is 6.40. The number of carbonyl (C=O) groups is 1. The summed E-state index contributed by atoms with van der Waals surface area (Å²) >= 11 is 14.0. The topological polar surface area (TPSA) is 59.8 Å². The van der Waals surface area contributed by atoms with Crippen molar-refractivity contribution in [3.8, 4) is 0 Å². The Morgan fingerprint density at radius 3 is 2.64 bits per heavy atom. The van der Waals surface area contributed by atoms with E-state index >= 15 is 0 Å². The van der Waals surface area contributed by atoms with E-state index in [9.17, 15) is 4.79 Å². The number of hydrogen-bond acceptors (Lipinski definition) is 4. The van der Waals surface area contributed by atoms with Crippen molar-refractivity contribution in [1.29, 1.82) is 0 Å². The maximum atomic E-state index is 12.7. The molecule has 0 saturated carbocycles. The van der Waals surface area contributed by atoms with Gasteiger partial charge in [0.25, 0.3) is 5.91 Å². The number of carbonyl (C=O) groups excluding carboxylic acids is 1. The van der Waals surface area contributed by atoms with Crippen LogP contribution in [0.5, 0.6) is 0 Å². The minimum Gasteiger partial charge on any atom is -0.306 e. The Balaban J connectivity index is 1.67. The van der Waals surface area contributed by atoms with Gasteiger partial charge in [-0.3, -0.25) is 4.79 Å². The van der Waals surface area contributed by atoms with E-state index in [-0.39, 0.29) is 5.91 Å². The average Bonchev–Trinajstić information content (AvgIpc) is 3.22. The molecule has 0 bridgehead atoms. The van der Waals surface area contributed by atoms with Crippen molar-refractivity contribution in [3.63, 3.8) is 0 Å². The highest BCUT2D eigenvalue weighted by atomic mass is 35.5. The molecule has 28 heavy (non-hydrogen) atoms. The van der Waals surface area contributed by atoms with E-state index in [1.54, 1.807) is 18.3 Å². The lowest BCUT2D eigenvalue weighted by Gasteiger charge is -2.07. The molecule has 0 aliphatic carbocycles. The van der Waals surface area contributed by atoms with Crippen LogP contribution in [0, 0.1) is 13.8 Å². The molecule has 3 aromatic heterocycles. The standard InChI is InChI=1S/C20H16Cl2N4OS/c1-11-5-4-8-23-18(11)24-19(27)17-9-13-12(2)25-26(20(13)28-17)10-14-15(21)6-3-7-16(14)22/h3-9H,10H2,1-2H3,(H,23,24,27). The molecule has 1 aromatic carbocycles. The van der Waals surface area contributed by atoms with E-state index < -0.39 is 0 Å². The number of amides is 1. The zero-order valence-corrected chi connectivity index (χ0v) is 17.5. The number of benzene rings is 1. The minimum atomic E-state index is -0.190. The second kappa shape index (κ2) is 7.54. The summed E-state index contributed by atoms with van der Waals surface area (Å²) in [4.78, 5) is 18.4. The Labute approximate surface area is 175 Å². The van der Waals surface area contributed by atoms with Crippen LogP contribution in [-0.2, 0) is 6.54 Å². The summed E-state index contributed by atoms with van der Waals surface area (Å²) in [5.74, 6) is 0.371. The van der Waals surface area contributed by atoms with Crippen LogP contribution < -0.4 is 5.32 Å². The van der Waals surface area contributed by atoms with E-state index in [0.717, 1.165) is 27.0 Å². The number of rotatable bonds is 4. The Morgan fingerprint density at radius 1 is 1.18 bits per heavy atom. The van der Waals surface area contributed by atoms with Crippen molar-refractivity contribution in [3.05, 3.63) is 74.3 Å². The molecule has 0 spiro atoms. The summed E-state index contributed by atoms with van der Waals surface area (Å²) in [6.07, 6.45) is 1.66. The normalized spacial score (nSPS) is 11.1. The van der Waals surface area contributed by atoms with Crippen LogP contribution in [-0.4, -0.2) is 20.7 Å². The van der Waals surface area contributed by atoms with Crippen LogP contribution in [0.1, 0.15) is 26.5 Å². The maximum absolute atomic E-state index is 12.7. The molecule has 142 valence electrons. The van der Waals surface area contributed by atoms with Gasteiger partial charge in [-0.2, -0.15) is 5.10 Å². The van der Waals surface area contributed by atoms with E-state index in [1.165, 1.54) is 11.3 Å². The van der Waals surface area contributed by atoms with Crippen LogP contribution >= 0.6 is 34.5 Å². The van der Waals surface area contributed by atoms with Gasteiger partial charge in [-0.1, -0.05) is 35.3 Å². The predicted octanol–water partition coefficient (Wildman–Crippen LogP) is 5.72. The van der Waals surface area contributed by atoms with Crippen molar-refractivity contribution in [2.24, 2.45) is 0 Å². The first kappa shape index (κ1) is 18.9. The minimum absolute atomic E-state index is 0.190. The largest absolute Gasteiger partial charge is 0.306 e. The van der Waals surface area contributed by atoms with Gasteiger partial charge in [-0.05, 0) is 43.7 Å². The quantitative estimate of drug-likeness (QED) is 0.450. The number of hydrogen-bond donors (Lipinski definition) is 1. The fraction of sp³-hybridized carbons (Fsp3) is 0.150. The highest BCUT2D eigenvalue weighted by molar-refractivity contribution is 7.20. The van der Waals surface area contributed by atoms with Gasteiger partial charge < -0.3 is 5.32 Å². The van der Waals surface area contributed by atoms with Crippen molar-refractivity contribution in [2.75, 3.05) is 5.32 Å². The van der Waals surface area contributed by atoms with Gasteiger partial charge in [0.05, 0.1) is 17.1 Å². The van der Waals surface area contributed by atoms with Crippen LogP contribution in [0.2, 0.25) is 10.0 Å². The molecule has 1 amide bonds. The van der Waals surface area contributed by atoms with Crippen LogP contribution in [0.25, 0.3) is 10.2 Å². The SMILES string of the molecule is Cc1cccnc1NC(=O)c1cc2c(C)nn(Cc3c(Cl)cccc3Cl)c2s1. The number of nitrogens with zero attached hydrogens (tertiary/aromatic N) is 3. The highest BCUT2D eigenvalue weighted by Crippen LogP contribution is 2.31. The van der Waals surface area contributed by atoms with Gasteiger partial charge in [0.2, 0.25) is 0 Å². The summed E-state index contributed by atoms with van der Waals surface area (Å²) < 4.78 is 1.84. The third-order valence-corrected chi connectivity index (χ3v) is 6.30. The van der Waals surface area contributed by atoms with Crippen molar-refractivity contribution in [1.82, 2.24) is 14.8 Å². The van der Waals surface area contributed by atoms with Crippen LogP contribution in [0.4, 0.5) is 5.82 Å². The van der Waals surface area contributed by atoms with Gasteiger partial charge in [-0.15, -0.1) is 11.3 Å². The molecule has 0 fully saturated rings. The Kier molecular flexibility index (Phi) is 5.10. The number of aromatic nitrogens is 3. The lowest BCUT2D eigenvalue weighted by Crippen LogP contribution is -2.12. The lowest BCUT2D eigenvalue weighted by atomic mass is 10.2. The monoisotopic (exact) mass is 430 g/mol. The van der Waals surface area contributed by atoms with Crippen molar-refractivity contribution >= 4 is 56.5 Å². The van der Waals surface area contributed by atoms with Crippen molar-refractivity contribution < 1.29 is 4.79 Å². The average molecular weight is 431 g/mol. The Bertz CT molecular complexity index is 1180. The van der Waals surface area contributed by atoms with E-state index in [2.05, 4.69) is 15.4 Å². The first-order valence-electron chi connectivity index (χ1n) is 8.57. The fourth-order valence-electron chi connectivity index (χ4n) is 2.95. The van der Waals surface area contributed by atoms with Gasteiger partial charge in [0.15, 0.2) is 0 Å². The fourth-order valence-corrected chi connectivity index (χ4v) is 4.52. The van der Waals surface area contributed by atoms with Crippen LogP contribution in [0.3, 0.4) is 0 Å². The number of pyridine rings is 1. The van der Waals surface area contributed by atoms with E-state index in [0.29, 0.717) is 27.3 Å². The summed E-state index contributed by atoms with van der Waals surface area (Å²) in [5, 5.41) is 9.59. The molecular weight excluding hydrogens is 415 g/mol. The first-order valence-corrected chi connectivity index (χ1v) is 10.1. The molecule has 0 aliphatic rings. The number of nitrogens with one attached hydrogen (secondary N) is 1. The molecule has 0 unspecified atom stereocenters. The maximum Gasteiger partial charge on any atom is 0.266 e. The van der Waals surface area contributed by atoms with Gasteiger partial charge >= 0.3 is 0 Å². The summed E-state index contributed by atoms with van der Waals surface area (Å²) in [6.45, 7) is 4.26. The lowest BCUT2D eigenvalue weighted by molar-refractivity contribution is 0.103. The number of aryl methyl sites for hydroxylation is 2. The predicted molar refractivity (Wildman–Crippen MR) is 115 cm³/mol. The molecule has 0 saturated heterocycles. The Morgan fingerprint density at radius 2 is 1.93 bits per heavy atom. The number of fused-ring (bicyclic) bond motifs is 1. The highest BCUT2D eigenvalue weighted by Gasteiger charge is 2.18. The molecule has 0 radical (unpaired) electrons. The van der Waals surface area contributed by atoms with Gasteiger partial charge in [0.1, 0.15) is 10.6 Å². The first-order chi connectivity index (χ1) is 13.4. The van der Waals surface area contributed by atoms with Gasteiger partial charge in [0, 0.05) is 27.2 Å². The molecule has 1 N–H and O–H groups in total. The number of thiophene rings is 1. The van der Waals surface area contributed by atoms with Crippen LogP contribution in [0.15, 0.2) is 42.6 Å². The number of anilines is 1. The molecular formula is C20H16Cl2N4OS. The molecule has 4 rings (SSSR count). The Hall–Kier alpha value is -2.41. The molecule has 8 heteroatoms. The van der Waals surface area contributed by atoms with Gasteiger partial charge in [-0.25, -0.2) is 9.67 Å².